The number of pyridine rings is 1. The summed E-state index contributed by atoms with van der Waals surface area (Å²) in [5.74, 6) is 0.826. The molecule has 1 aromatic heterocycles. The van der Waals surface area contributed by atoms with Crippen LogP contribution in [0.3, 0.4) is 0 Å². The number of benzene rings is 1. The van der Waals surface area contributed by atoms with Gasteiger partial charge in [0.25, 0.3) is 5.56 Å². The van der Waals surface area contributed by atoms with Crippen LogP contribution in [0, 0.1) is 0 Å². The number of nitrogens with one attached hydrogen (secondary N) is 1. The normalized spacial score (nSPS) is 13.0. The molecule has 0 aliphatic heterocycles. The molecule has 0 aliphatic carbocycles. The van der Waals surface area contributed by atoms with Gasteiger partial charge in [0.2, 0.25) is 10.0 Å². The summed E-state index contributed by atoms with van der Waals surface area (Å²) in [7, 11) is 1.32. The third-order valence-corrected chi connectivity index (χ3v) is 5.71. The van der Waals surface area contributed by atoms with Crippen molar-refractivity contribution >= 4 is 10.0 Å². The number of nitrogens with zero attached hydrogens (tertiary/aromatic N) is 2. The van der Waals surface area contributed by atoms with Crippen LogP contribution >= 0.6 is 0 Å². The first-order valence-electron chi connectivity index (χ1n) is 8.40. The minimum atomic E-state index is -3.57. The van der Waals surface area contributed by atoms with Crippen molar-refractivity contribution in [3.8, 4) is 5.75 Å². The van der Waals surface area contributed by atoms with Gasteiger partial charge in [0.1, 0.15) is 12.3 Å². The van der Waals surface area contributed by atoms with Crippen LogP contribution in [0.1, 0.15) is 12.5 Å². The van der Waals surface area contributed by atoms with Crippen LogP contribution in [0.2, 0.25) is 0 Å². The van der Waals surface area contributed by atoms with E-state index in [9.17, 15) is 13.2 Å². The van der Waals surface area contributed by atoms with Crippen LogP contribution in [-0.2, 0) is 23.2 Å². The van der Waals surface area contributed by atoms with E-state index in [0.717, 1.165) is 20.5 Å². The highest BCUT2D eigenvalue weighted by atomic mass is 32.2. The molecule has 1 heterocycles. The van der Waals surface area contributed by atoms with Gasteiger partial charge >= 0.3 is 0 Å². The lowest BCUT2D eigenvalue weighted by atomic mass is 10.2. The van der Waals surface area contributed by atoms with E-state index in [4.69, 9.17) is 4.74 Å². The highest BCUT2D eigenvalue weighted by molar-refractivity contribution is 7.89. The number of hydrogen-bond donors (Lipinski definition) is 1. The van der Waals surface area contributed by atoms with Gasteiger partial charge in [0.15, 0.2) is 6.67 Å². The Morgan fingerprint density at radius 2 is 1.77 bits per heavy atom. The average molecular weight is 380 g/mol. The van der Waals surface area contributed by atoms with Crippen molar-refractivity contribution in [2.45, 2.75) is 25.0 Å². The summed E-state index contributed by atoms with van der Waals surface area (Å²) < 4.78 is 32.5. The van der Waals surface area contributed by atoms with Gasteiger partial charge in [-0.3, -0.25) is 9.36 Å². The number of ether oxygens (including phenoxy) is 1. The van der Waals surface area contributed by atoms with E-state index in [2.05, 4.69) is 0 Å². The Balaban J connectivity index is 2.13. The Labute approximate surface area is 154 Å². The Hall–Kier alpha value is -2.16. The van der Waals surface area contributed by atoms with Crippen molar-refractivity contribution in [1.82, 2.24) is 8.87 Å². The molecule has 1 unspecified atom stereocenters. The van der Waals surface area contributed by atoms with Crippen molar-refractivity contribution in [1.29, 1.82) is 0 Å². The van der Waals surface area contributed by atoms with Crippen LogP contribution in [0.15, 0.2) is 52.3 Å². The summed E-state index contributed by atoms with van der Waals surface area (Å²) in [4.78, 5) is 13.3. The molecule has 1 atom stereocenters. The third kappa shape index (κ3) is 4.94. The molecule has 0 saturated carbocycles. The minimum absolute atomic E-state index is 0.107. The Bertz CT molecular complexity index is 889. The molecule has 0 bridgehead atoms. The smallest absolute Gasteiger partial charge is 0.254 e. The zero-order valence-corrected chi connectivity index (χ0v) is 16.4. The standard InChI is InChI=1S/C18H25N3O4S/c1-5-25-16-8-6-15(7-9-16)12-20(4)14-21-13-17(10-11-18(21)22)26(23,24)19(2)3/h6-11,13H,5,12,14H2,1-4H3/p+1. The number of rotatable bonds is 8. The molecular formula is C18H26N3O4S+. The van der Waals surface area contributed by atoms with Crippen LogP contribution in [0.5, 0.6) is 5.75 Å². The van der Waals surface area contributed by atoms with Gasteiger partial charge in [-0.15, -0.1) is 0 Å². The van der Waals surface area contributed by atoms with Gasteiger partial charge in [-0.1, -0.05) is 0 Å². The lowest BCUT2D eigenvalue weighted by Crippen LogP contribution is -3.07. The van der Waals surface area contributed by atoms with E-state index >= 15 is 0 Å². The van der Waals surface area contributed by atoms with Crippen molar-refractivity contribution in [3.63, 3.8) is 0 Å². The van der Waals surface area contributed by atoms with E-state index < -0.39 is 10.0 Å². The van der Waals surface area contributed by atoms with Crippen LogP contribution in [0.4, 0.5) is 0 Å². The van der Waals surface area contributed by atoms with Crippen molar-refractivity contribution in [2.75, 3.05) is 27.7 Å². The van der Waals surface area contributed by atoms with Gasteiger partial charge < -0.3 is 9.64 Å². The van der Waals surface area contributed by atoms with Crippen LogP contribution in [-0.4, -0.2) is 45.0 Å². The Morgan fingerprint density at radius 3 is 2.35 bits per heavy atom. The summed E-state index contributed by atoms with van der Waals surface area (Å²) >= 11 is 0. The second kappa shape index (κ2) is 8.48. The molecule has 7 nitrogen and oxygen atoms in total. The lowest BCUT2D eigenvalue weighted by Gasteiger charge is -2.17. The molecule has 0 spiro atoms. The average Bonchev–Trinajstić information content (AvgIpc) is 2.58. The summed E-state index contributed by atoms with van der Waals surface area (Å²) in [5.41, 5.74) is 0.879. The summed E-state index contributed by atoms with van der Waals surface area (Å²) in [6.45, 7) is 3.63. The van der Waals surface area contributed by atoms with Crippen molar-refractivity contribution in [2.24, 2.45) is 0 Å². The second-order valence-corrected chi connectivity index (χ2v) is 8.48. The first kappa shape index (κ1) is 20.2. The number of hydrogen-bond acceptors (Lipinski definition) is 4. The summed E-state index contributed by atoms with van der Waals surface area (Å²) in [6, 6.07) is 10.5. The molecule has 0 amide bonds. The maximum Gasteiger partial charge on any atom is 0.254 e. The van der Waals surface area contributed by atoms with Gasteiger partial charge in [-0.2, -0.15) is 0 Å². The molecule has 0 aliphatic rings. The Morgan fingerprint density at radius 1 is 1.12 bits per heavy atom. The Kier molecular flexibility index (Phi) is 6.57. The molecule has 0 fully saturated rings. The fourth-order valence-electron chi connectivity index (χ4n) is 2.56. The van der Waals surface area contributed by atoms with Gasteiger partial charge in [-0.05, 0) is 37.3 Å². The lowest BCUT2D eigenvalue weighted by molar-refractivity contribution is -0.917. The van der Waals surface area contributed by atoms with Gasteiger partial charge in [0, 0.05) is 31.9 Å². The third-order valence-electron chi connectivity index (χ3n) is 3.92. The van der Waals surface area contributed by atoms with Crippen LogP contribution in [0.25, 0.3) is 0 Å². The maximum absolute atomic E-state index is 12.2. The van der Waals surface area contributed by atoms with Gasteiger partial charge in [-0.25, -0.2) is 12.7 Å². The van der Waals surface area contributed by atoms with Crippen LogP contribution < -0.4 is 15.2 Å². The molecule has 0 saturated heterocycles. The largest absolute Gasteiger partial charge is 0.494 e. The fraction of sp³-hybridized carbons (Fsp3) is 0.389. The molecule has 0 radical (unpaired) electrons. The predicted octanol–water partition coefficient (Wildman–Crippen LogP) is 0.170. The molecule has 2 rings (SSSR count). The molecule has 142 valence electrons. The molecular weight excluding hydrogens is 354 g/mol. The van der Waals surface area contributed by atoms with E-state index in [0.29, 0.717) is 19.8 Å². The quantitative estimate of drug-likeness (QED) is 0.709. The first-order valence-corrected chi connectivity index (χ1v) is 9.84. The second-order valence-electron chi connectivity index (χ2n) is 6.33. The van der Waals surface area contributed by atoms with E-state index in [-0.39, 0.29) is 10.5 Å². The molecule has 8 heteroatoms. The molecule has 26 heavy (non-hydrogen) atoms. The monoisotopic (exact) mass is 380 g/mol. The fourth-order valence-corrected chi connectivity index (χ4v) is 3.48. The molecule has 1 aromatic carbocycles. The first-order chi connectivity index (χ1) is 12.2. The number of quaternary nitrogens is 1. The van der Waals surface area contributed by atoms with E-state index in [1.165, 1.54) is 37.0 Å². The topological polar surface area (TPSA) is 73.1 Å². The van der Waals surface area contributed by atoms with Crippen molar-refractivity contribution in [3.05, 3.63) is 58.5 Å². The summed E-state index contributed by atoms with van der Waals surface area (Å²) in [5, 5.41) is 0. The van der Waals surface area contributed by atoms with E-state index in [1.54, 1.807) is 0 Å². The molecule has 2 aromatic rings. The van der Waals surface area contributed by atoms with E-state index in [1.807, 2.05) is 38.2 Å². The zero-order valence-electron chi connectivity index (χ0n) is 15.6. The van der Waals surface area contributed by atoms with Gasteiger partial charge in [0.05, 0.1) is 18.6 Å². The zero-order chi connectivity index (χ0) is 19.3. The van der Waals surface area contributed by atoms with Crippen molar-refractivity contribution < 1.29 is 18.1 Å². The number of aromatic nitrogens is 1. The highest BCUT2D eigenvalue weighted by Crippen LogP contribution is 2.12. The maximum atomic E-state index is 12.2. The SMILES string of the molecule is CCOc1ccc(C[NH+](C)Cn2cc(S(=O)(=O)N(C)C)ccc2=O)cc1. The minimum Gasteiger partial charge on any atom is -0.494 e. The number of sulfonamides is 1. The summed E-state index contributed by atoms with van der Waals surface area (Å²) in [6.07, 6.45) is 1.40. The highest BCUT2D eigenvalue weighted by Gasteiger charge is 2.18. The molecule has 1 N–H and O–H groups in total. The predicted molar refractivity (Wildman–Crippen MR) is 99.8 cm³/mol.